The Kier molecular flexibility index (Phi) is 4.03. The Hall–Kier alpha value is -1.76. The number of rotatable bonds is 5. The van der Waals surface area contributed by atoms with E-state index in [1.54, 1.807) is 0 Å². The van der Waals surface area contributed by atoms with E-state index >= 15 is 0 Å². The fourth-order valence-electron chi connectivity index (χ4n) is 2.10. The van der Waals surface area contributed by atoms with Crippen LogP contribution in [0.3, 0.4) is 0 Å². The van der Waals surface area contributed by atoms with Gasteiger partial charge in [0, 0.05) is 17.5 Å². The summed E-state index contributed by atoms with van der Waals surface area (Å²) in [6, 6.07) is 8.12. The summed E-state index contributed by atoms with van der Waals surface area (Å²) in [6.07, 6.45) is 5.32. The van der Waals surface area contributed by atoms with E-state index in [4.69, 9.17) is 10.8 Å². The predicted octanol–water partition coefficient (Wildman–Crippen LogP) is 2.22. The maximum atomic E-state index is 5.92. The zero-order chi connectivity index (χ0) is 13.0. The van der Waals surface area contributed by atoms with Crippen molar-refractivity contribution in [2.75, 3.05) is 20.6 Å². The highest BCUT2D eigenvalue weighted by molar-refractivity contribution is 5.82. The van der Waals surface area contributed by atoms with Crippen LogP contribution in [-0.2, 0) is 13.1 Å². The molecule has 0 amide bonds. The van der Waals surface area contributed by atoms with Crippen LogP contribution >= 0.6 is 0 Å². The van der Waals surface area contributed by atoms with Gasteiger partial charge in [0.2, 0.25) is 0 Å². The second kappa shape index (κ2) is 5.72. The molecule has 94 valence electrons. The zero-order valence-corrected chi connectivity index (χ0v) is 10.9. The Morgan fingerprint density at radius 2 is 2.17 bits per heavy atom. The smallest absolute Gasteiger partial charge is 0.134 e. The fourth-order valence-corrected chi connectivity index (χ4v) is 2.10. The van der Waals surface area contributed by atoms with Crippen LogP contribution < -0.4 is 5.32 Å². The molecule has 0 bridgehead atoms. The van der Waals surface area contributed by atoms with Gasteiger partial charge in [-0.1, -0.05) is 24.1 Å². The van der Waals surface area contributed by atoms with E-state index in [1.807, 2.05) is 32.3 Å². The van der Waals surface area contributed by atoms with E-state index in [0.717, 1.165) is 24.4 Å². The molecule has 0 aliphatic rings. The number of nitrogens with one attached hydrogen (secondary N) is 1. The molecule has 0 fully saturated rings. The van der Waals surface area contributed by atoms with Gasteiger partial charge in [-0.25, -0.2) is 0 Å². The van der Waals surface area contributed by atoms with Gasteiger partial charge >= 0.3 is 0 Å². The van der Waals surface area contributed by atoms with Crippen LogP contribution in [0.2, 0.25) is 0 Å². The third-order valence-corrected chi connectivity index (χ3v) is 2.91. The quantitative estimate of drug-likeness (QED) is 0.815. The molecule has 1 heterocycles. The molecule has 1 aromatic carbocycles. The minimum Gasteiger partial charge on any atom is -0.459 e. The van der Waals surface area contributed by atoms with Crippen molar-refractivity contribution >= 4 is 11.0 Å². The molecule has 2 rings (SSSR count). The number of furan rings is 1. The Labute approximate surface area is 108 Å². The van der Waals surface area contributed by atoms with Crippen molar-refractivity contribution in [3.05, 3.63) is 35.6 Å². The predicted molar refractivity (Wildman–Crippen MR) is 74.1 cm³/mol. The van der Waals surface area contributed by atoms with Gasteiger partial charge in [-0.05, 0) is 20.2 Å². The number of hydrogen-bond acceptors (Lipinski definition) is 3. The highest BCUT2D eigenvalue weighted by Gasteiger charge is 2.14. The van der Waals surface area contributed by atoms with E-state index in [0.29, 0.717) is 6.54 Å². The lowest BCUT2D eigenvalue weighted by molar-refractivity contribution is 0.330. The number of terminal acetylenes is 1. The number of para-hydroxylation sites is 1. The van der Waals surface area contributed by atoms with Crippen LogP contribution in [0.1, 0.15) is 11.3 Å². The van der Waals surface area contributed by atoms with Gasteiger partial charge in [-0.3, -0.25) is 4.90 Å². The van der Waals surface area contributed by atoms with Crippen molar-refractivity contribution < 1.29 is 4.42 Å². The number of benzene rings is 1. The summed E-state index contributed by atoms with van der Waals surface area (Å²) in [6.45, 7) is 2.15. The van der Waals surface area contributed by atoms with Crippen molar-refractivity contribution in [1.29, 1.82) is 0 Å². The Bertz CT molecular complexity index is 565. The SMILES string of the molecule is C#CCN(C)Cc1oc2ccccc2c1CNC. The summed E-state index contributed by atoms with van der Waals surface area (Å²) in [5.74, 6) is 3.63. The molecule has 0 atom stereocenters. The monoisotopic (exact) mass is 242 g/mol. The van der Waals surface area contributed by atoms with Gasteiger partial charge in [0.25, 0.3) is 0 Å². The van der Waals surface area contributed by atoms with E-state index in [1.165, 1.54) is 10.9 Å². The van der Waals surface area contributed by atoms with Crippen molar-refractivity contribution in [3.8, 4) is 12.3 Å². The number of fused-ring (bicyclic) bond motifs is 1. The molecular weight excluding hydrogens is 224 g/mol. The van der Waals surface area contributed by atoms with Crippen LogP contribution in [0.5, 0.6) is 0 Å². The van der Waals surface area contributed by atoms with Crippen LogP contribution in [0.25, 0.3) is 11.0 Å². The first-order valence-corrected chi connectivity index (χ1v) is 6.02. The molecule has 2 aromatic rings. The normalized spacial score (nSPS) is 11.0. The average molecular weight is 242 g/mol. The molecule has 1 aromatic heterocycles. The first-order chi connectivity index (χ1) is 8.76. The molecule has 0 spiro atoms. The lowest BCUT2D eigenvalue weighted by Gasteiger charge is -2.12. The van der Waals surface area contributed by atoms with E-state index < -0.39 is 0 Å². The Morgan fingerprint density at radius 1 is 1.39 bits per heavy atom. The number of hydrogen-bond donors (Lipinski definition) is 1. The van der Waals surface area contributed by atoms with Crippen molar-refractivity contribution in [2.24, 2.45) is 0 Å². The van der Waals surface area contributed by atoms with Gasteiger partial charge in [-0.15, -0.1) is 6.42 Å². The van der Waals surface area contributed by atoms with Crippen molar-refractivity contribution in [1.82, 2.24) is 10.2 Å². The van der Waals surface area contributed by atoms with Crippen molar-refractivity contribution in [3.63, 3.8) is 0 Å². The van der Waals surface area contributed by atoms with Gasteiger partial charge in [-0.2, -0.15) is 0 Å². The molecule has 0 radical (unpaired) electrons. The second-order valence-corrected chi connectivity index (χ2v) is 4.41. The van der Waals surface area contributed by atoms with Gasteiger partial charge < -0.3 is 9.73 Å². The highest BCUT2D eigenvalue weighted by Crippen LogP contribution is 2.26. The summed E-state index contributed by atoms with van der Waals surface area (Å²) in [5.41, 5.74) is 2.16. The van der Waals surface area contributed by atoms with Crippen LogP contribution in [-0.4, -0.2) is 25.5 Å². The maximum absolute atomic E-state index is 5.92. The molecule has 0 unspecified atom stereocenters. The van der Waals surface area contributed by atoms with E-state index in [2.05, 4.69) is 22.2 Å². The lowest BCUT2D eigenvalue weighted by atomic mass is 10.1. The Balaban J connectivity index is 2.36. The van der Waals surface area contributed by atoms with E-state index in [9.17, 15) is 0 Å². The standard InChI is InChI=1S/C15H18N2O/c1-4-9-17(3)11-15-13(10-16-2)12-7-5-6-8-14(12)18-15/h1,5-8,16H,9-11H2,2-3H3. The molecule has 18 heavy (non-hydrogen) atoms. The fraction of sp³-hybridized carbons (Fsp3) is 0.333. The van der Waals surface area contributed by atoms with Crippen molar-refractivity contribution in [2.45, 2.75) is 13.1 Å². The van der Waals surface area contributed by atoms with Crippen LogP contribution in [0.15, 0.2) is 28.7 Å². The van der Waals surface area contributed by atoms with Crippen LogP contribution in [0, 0.1) is 12.3 Å². The first kappa shape index (κ1) is 12.7. The largest absolute Gasteiger partial charge is 0.459 e. The lowest BCUT2D eigenvalue weighted by Crippen LogP contribution is -2.19. The minimum atomic E-state index is 0.621. The Morgan fingerprint density at radius 3 is 2.89 bits per heavy atom. The van der Waals surface area contributed by atoms with Gasteiger partial charge in [0.1, 0.15) is 11.3 Å². The van der Waals surface area contributed by atoms with E-state index in [-0.39, 0.29) is 0 Å². The summed E-state index contributed by atoms with van der Waals surface area (Å²) in [5, 5.41) is 4.37. The number of nitrogens with zero attached hydrogens (tertiary/aromatic N) is 1. The zero-order valence-electron chi connectivity index (χ0n) is 10.9. The second-order valence-electron chi connectivity index (χ2n) is 4.41. The molecule has 1 N–H and O–H groups in total. The molecule has 0 aliphatic carbocycles. The third kappa shape index (κ3) is 2.56. The molecular formula is C15H18N2O. The van der Waals surface area contributed by atoms with Gasteiger partial charge in [0.15, 0.2) is 0 Å². The molecule has 0 saturated heterocycles. The first-order valence-electron chi connectivity index (χ1n) is 6.02. The summed E-state index contributed by atoms with van der Waals surface area (Å²) < 4.78 is 5.92. The summed E-state index contributed by atoms with van der Waals surface area (Å²) in [4.78, 5) is 2.07. The highest BCUT2D eigenvalue weighted by atomic mass is 16.3. The molecule has 0 aliphatic heterocycles. The maximum Gasteiger partial charge on any atom is 0.134 e. The summed E-state index contributed by atoms with van der Waals surface area (Å²) >= 11 is 0. The summed E-state index contributed by atoms with van der Waals surface area (Å²) in [7, 11) is 3.94. The average Bonchev–Trinajstić information content (AvgIpc) is 2.68. The minimum absolute atomic E-state index is 0.621. The van der Waals surface area contributed by atoms with Crippen LogP contribution in [0.4, 0.5) is 0 Å². The third-order valence-electron chi connectivity index (χ3n) is 2.91. The molecule has 3 heteroatoms. The topological polar surface area (TPSA) is 28.4 Å². The van der Waals surface area contributed by atoms with Gasteiger partial charge in [0.05, 0.1) is 13.1 Å². The molecule has 3 nitrogen and oxygen atoms in total. The molecule has 0 saturated carbocycles.